The molecule has 1 saturated carbocycles. The summed E-state index contributed by atoms with van der Waals surface area (Å²) in [6.07, 6.45) is 3.49. The average Bonchev–Trinajstić information content (AvgIpc) is 2.70. The Morgan fingerprint density at radius 2 is 2.18 bits per heavy atom. The number of nitrogens with zero attached hydrogens (tertiary/aromatic N) is 2. The number of aromatic carboxylic acids is 1. The summed E-state index contributed by atoms with van der Waals surface area (Å²) in [5.41, 5.74) is 0.131. The van der Waals surface area contributed by atoms with Gasteiger partial charge in [0.1, 0.15) is 0 Å². The molecule has 0 atom stereocenters. The van der Waals surface area contributed by atoms with Crippen LogP contribution in [0.25, 0.3) is 0 Å². The molecule has 1 heterocycles. The monoisotopic (exact) mass is 244 g/mol. The molecule has 0 saturated heterocycles. The van der Waals surface area contributed by atoms with Gasteiger partial charge in [-0.25, -0.2) is 13.6 Å². The summed E-state index contributed by atoms with van der Waals surface area (Å²) < 4.78 is 27.4. The Morgan fingerprint density at radius 1 is 1.53 bits per heavy atom. The second kappa shape index (κ2) is 4.43. The molecule has 94 valence electrons. The number of hydrogen-bond donors (Lipinski definition) is 1. The standard InChI is InChI=1S/C11H14F2N2O2/c12-11(13)3-1-8(2-4-11)6-15-7-9(5-14-15)10(16)17/h5,7-8H,1-4,6H2,(H,16,17). The molecule has 1 aromatic rings. The summed E-state index contributed by atoms with van der Waals surface area (Å²) in [5.74, 6) is -3.38. The maximum Gasteiger partial charge on any atom is 0.338 e. The molecular weight excluding hydrogens is 230 g/mol. The van der Waals surface area contributed by atoms with Crippen molar-refractivity contribution in [1.82, 2.24) is 9.78 Å². The van der Waals surface area contributed by atoms with E-state index in [4.69, 9.17) is 5.11 Å². The number of alkyl halides is 2. The third-order valence-electron chi connectivity index (χ3n) is 3.16. The van der Waals surface area contributed by atoms with Crippen LogP contribution in [0.1, 0.15) is 36.0 Å². The molecule has 0 amide bonds. The molecule has 0 aliphatic heterocycles. The van der Waals surface area contributed by atoms with Crippen LogP contribution in [0.4, 0.5) is 8.78 Å². The van der Waals surface area contributed by atoms with Crippen molar-refractivity contribution in [1.29, 1.82) is 0 Å². The second-order valence-electron chi connectivity index (χ2n) is 4.56. The lowest BCUT2D eigenvalue weighted by molar-refractivity contribution is -0.0476. The second-order valence-corrected chi connectivity index (χ2v) is 4.56. The van der Waals surface area contributed by atoms with Crippen molar-refractivity contribution >= 4 is 5.97 Å². The molecule has 1 aliphatic carbocycles. The summed E-state index contributed by atoms with van der Waals surface area (Å²) >= 11 is 0. The van der Waals surface area contributed by atoms with Crippen LogP contribution in [0.15, 0.2) is 12.4 Å². The highest BCUT2D eigenvalue weighted by molar-refractivity contribution is 5.86. The van der Waals surface area contributed by atoms with Crippen molar-refractivity contribution in [3.63, 3.8) is 0 Å². The first kappa shape index (κ1) is 12.0. The third-order valence-corrected chi connectivity index (χ3v) is 3.16. The van der Waals surface area contributed by atoms with Gasteiger partial charge in [0.2, 0.25) is 5.92 Å². The number of carbonyl (C=O) groups is 1. The minimum absolute atomic E-state index is 0.0786. The minimum atomic E-state index is -2.52. The van der Waals surface area contributed by atoms with Gasteiger partial charge < -0.3 is 5.11 Å². The Balaban J connectivity index is 1.91. The van der Waals surface area contributed by atoms with E-state index in [9.17, 15) is 13.6 Å². The van der Waals surface area contributed by atoms with Crippen molar-refractivity contribution in [2.45, 2.75) is 38.2 Å². The molecule has 1 aliphatic rings. The number of carboxylic acids is 1. The van der Waals surface area contributed by atoms with Crippen LogP contribution in [0.3, 0.4) is 0 Å². The number of halogens is 2. The molecule has 0 spiro atoms. The zero-order valence-corrected chi connectivity index (χ0v) is 9.27. The van der Waals surface area contributed by atoms with Crippen LogP contribution < -0.4 is 0 Å². The SMILES string of the molecule is O=C(O)c1cnn(CC2CCC(F)(F)CC2)c1. The van der Waals surface area contributed by atoms with Gasteiger partial charge >= 0.3 is 5.97 Å². The van der Waals surface area contributed by atoms with Crippen LogP contribution >= 0.6 is 0 Å². The highest BCUT2D eigenvalue weighted by atomic mass is 19.3. The molecule has 1 aromatic heterocycles. The predicted octanol–water partition coefficient (Wildman–Crippen LogP) is 2.41. The first-order valence-corrected chi connectivity index (χ1v) is 5.60. The van der Waals surface area contributed by atoms with E-state index in [2.05, 4.69) is 5.10 Å². The fourth-order valence-corrected chi connectivity index (χ4v) is 2.12. The number of rotatable bonds is 3. The van der Waals surface area contributed by atoms with Gasteiger partial charge in [0.25, 0.3) is 0 Å². The van der Waals surface area contributed by atoms with Crippen LogP contribution in [0, 0.1) is 5.92 Å². The molecule has 2 rings (SSSR count). The summed E-state index contributed by atoms with van der Waals surface area (Å²) in [6.45, 7) is 0.517. The van der Waals surface area contributed by atoms with Gasteiger partial charge in [0.15, 0.2) is 0 Å². The van der Waals surface area contributed by atoms with Gasteiger partial charge in [-0.15, -0.1) is 0 Å². The number of carboxylic acid groups (broad SMARTS) is 1. The van der Waals surface area contributed by atoms with E-state index in [0.29, 0.717) is 19.4 Å². The lowest BCUT2D eigenvalue weighted by Gasteiger charge is -2.27. The van der Waals surface area contributed by atoms with Crippen LogP contribution in [0.5, 0.6) is 0 Å². The Hall–Kier alpha value is -1.46. The largest absolute Gasteiger partial charge is 0.478 e. The molecule has 0 aromatic carbocycles. The topological polar surface area (TPSA) is 55.1 Å². The Morgan fingerprint density at radius 3 is 2.71 bits per heavy atom. The molecule has 6 heteroatoms. The fraction of sp³-hybridized carbons (Fsp3) is 0.636. The zero-order valence-electron chi connectivity index (χ0n) is 9.27. The smallest absolute Gasteiger partial charge is 0.338 e. The predicted molar refractivity (Wildman–Crippen MR) is 56.1 cm³/mol. The molecule has 0 radical (unpaired) electrons. The Labute approximate surface area is 97.2 Å². The lowest BCUT2D eigenvalue weighted by Crippen LogP contribution is -2.26. The lowest BCUT2D eigenvalue weighted by atomic mass is 9.87. The van der Waals surface area contributed by atoms with Gasteiger partial charge in [-0.2, -0.15) is 5.10 Å². The molecule has 1 N–H and O–H groups in total. The summed E-state index contributed by atoms with van der Waals surface area (Å²) in [4.78, 5) is 10.6. The van der Waals surface area contributed by atoms with E-state index in [1.165, 1.54) is 17.1 Å². The van der Waals surface area contributed by atoms with E-state index in [-0.39, 0.29) is 24.3 Å². The van der Waals surface area contributed by atoms with Crippen molar-refractivity contribution in [3.8, 4) is 0 Å². The molecule has 17 heavy (non-hydrogen) atoms. The highest BCUT2D eigenvalue weighted by Crippen LogP contribution is 2.36. The van der Waals surface area contributed by atoms with Crippen molar-refractivity contribution in [2.75, 3.05) is 0 Å². The molecular formula is C11H14F2N2O2. The molecule has 0 unspecified atom stereocenters. The maximum absolute atomic E-state index is 12.9. The fourth-order valence-electron chi connectivity index (χ4n) is 2.12. The summed E-state index contributed by atoms with van der Waals surface area (Å²) in [6, 6.07) is 0. The average molecular weight is 244 g/mol. The summed E-state index contributed by atoms with van der Waals surface area (Å²) in [5, 5.41) is 12.6. The quantitative estimate of drug-likeness (QED) is 0.888. The minimum Gasteiger partial charge on any atom is -0.478 e. The third kappa shape index (κ3) is 3.01. The first-order chi connectivity index (χ1) is 7.96. The van der Waals surface area contributed by atoms with E-state index in [1.54, 1.807) is 0 Å². The van der Waals surface area contributed by atoms with Crippen molar-refractivity contribution < 1.29 is 18.7 Å². The van der Waals surface area contributed by atoms with E-state index in [0.717, 1.165) is 0 Å². The van der Waals surface area contributed by atoms with Crippen LogP contribution in [-0.4, -0.2) is 26.8 Å². The molecule has 4 nitrogen and oxygen atoms in total. The van der Waals surface area contributed by atoms with Crippen molar-refractivity contribution in [3.05, 3.63) is 18.0 Å². The van der Waals surface area contributed by atoms with Crippen LogP contribution in [0.2, 0.25) is 0 Å². The van der Waals surface area contributed by atoms with Gasteiger partial charge in [0.05, 0.1) is 11.8 Å². The summed E-state index contributed by atoms with van der Waals surface area (Å²) in [7, 11) is 0. The highest BCUT2D eigenvalue weighted by Gasteiger charge is 2.34. The Kier molecular flexibility index (Phi) is 3.13. The zero-order chi connectivity index (χ0) is 12.5. The van der Waals surface area contributed by atoms with Gasteiger partial charge in [-0.1, -0.05) is 0 Å². The van der Waals surface area contributed by atoms with Crippen LogP contribution in [-0.2, 0) is 6.54 Å². The van der Waals surface area contributed by atoms with E-state index >= 15 is 0 Å². The first-order valence-electron chi connectivity index (χ1n) is 5.60. The maximum atomic E-state index is 12.9. The van der Waals surface area contributed by atoms with E-state index in [1.807, 2.05) is 0 Å². The normalized spacial score (nSPS) is 20.4. The van der Waals surface area contributed by atoms with Crippen molar-refractivity contribution in [2.24, 2.45) is 5.92 Å². The number of hydrogen-bond acceptors (Lipinski definition) is 2. The van der Waals surface area contributed by atoms with Gasteiger partial charge in [-0.3, -0.25) is 4.68 Å². The molecule has 1 fully saturated rings. The van der Waals surface area contributed by atoms with Gasteiger partial charge in [-0.05, 0) is 18.8 Å². The van der Waals surface area contributed by atoms with Gasteiger partial charge in [0, 0.05) is 25.6 Å². The molecule has 0 bridgehead atoms. The Bertz CT molecular complexity index is 407. The number of aromatic nitrogens is 2. The van der Waals surface area contributed by atoms with E-state index < -0.39 is 11.9 Å².